The van der Waals surface area contributed by atoms with Crippen LogP contribution in [0.5, 0.6) is 0 Å². The summed E-state index contributed by atoms with van der Waals surface area (Å²) in [6.45, 7) is 9.18. The summed E-state index contributed by atoms with van der Waals surface area (Å²) in [5.41, 5.74) is 0. The van der Waals surface area contributed by atoms with Crippen molar-refractivity contribution in [3.63, 3.8) is 0 Å². The molecule has 1 unspecified atom stereocenters. The average Bonchev–Trinajstić information content (AvgIpc) is 2.70. The summed E-state index contributed by atoms with van der Waals surface area (Å²) in [7, 11) is 0. The van der Waals surface area contributed by atoms with Crippen LogP contribution in [-0.4, -0.2) is 19.8 Å². The highest BCUT2D eigenvalue weighted by Gasteiger charge is 2.05. The third kappa shape index (κ3) is 5.10. The van der Waals surface area contributed by atoms with Gasteiger partial charge in [-0.2, -0.15) is 0 Å². The van der Waals surface area contributed by atoms with Crippen LogP contribution in [0.15, 0.2) is 12.1 Å². The molecule has 0 aliphatic heterocycles. The lowest BCUT2D eigenvalue weighted by Gasteiger charge is -2.12. The number of aryl methyl sites for hydroxylation is 1. The van der Waals surface area contributed by atoms with Crippen LogP contribution >= 0.6 is 11.3 Å². The first-order valence-corrected chi connectivity index (χ1v) is 6.93. The van der Waals surface area contributed by atoms with Gasteiger partial charge in [-0.3, -0.25) is 0 Å². The Kier molecular flexibility index (Phi) is 6.69. The predicted molar refractivity (Wildman–Crippen MR) is 71.2 cm³/mol. The Balaban J connectivity index is 2.09. The van der Waals surface area contributed by atoms with Crippen molar-refractivity contribution in [3.8, 4) is 0 Å². The molecule has 1 aromatic rings. The van der Waals surface area contributed by atoms with E-state index < -0.39 is 0 Å². The minimum absolute atomic E-state index is 0.438. The summed E-state index contributed by atoms with van der Waals surface area (Å²) in [5, 5.41) is 3.47. The van der Waals surface area contributed by atoms with Gasteiger partial charge in [0.25, 0.3) is 0 Å². The van der Waals surface area contributed by atoms with Crippen LogP contribution in [0.1, 0.15) is 42.5 Å². The fourth-order valence-electron chi connectivity index (χ4n) is 1.48. The quantitative estimate of drug-likeness (QED) is 0.703. The van der Waals surface area contributed by atoms with E-state index in [2.05, 4.69) is 38.2 Å². The summed E-state index contributed by atoms with van der Waals surface area (Å²) < 4.78 is 5.51. The number of hydrogen-bond donors (Lipinski definition) is 1. The molecule has 0 bridgehead atoms. The molecule has 3 heteroatoms. The second-order valence-electron chi connectivity index (χ2n) is 4.09. The third-order valence-electron chi connectivity index (χ3n) is 2.53. The van der Waals surface area contributed by atoms with Crippen molar-refractivity contribution in [3.05, 3.63) is 21.9 Å². The highest BCUT2D eigenvalue weighted by atomic mass is 32.1. The third-order valence-corrected chi connectivity index (χ3v) is 3.71. The maximum atomic E-state index is 5.51. The first-order valence-electron chi connectivity index (χ1n) is 6.11. The van der Waals surface area contributed by atoms with Crippen LogP contribution in [0, 0.1) is 6.92 Å². The molecule has 1 N–H and O–H groups in total. The average molecular weight is 241 g/mol. The van der Waals surface area contributed by atoms with E-state index >= 15 is 0 Å². The highest BCUT2D eigenvalue weighted by Crippen LogP contribution is 2.21. The van der Waals surface area contributed by atoms with Gasteiger partial charge in [0.05, 0.1) is 6.61 Å². The van der Waals surface area contributed by atoms with E-state index in [0.29, 0.717) is 6.04 Å². The van der Waals surface area contributed by atoms with E-state index in [-0.39, 0.29) is 0 Å². The van der Waals surface area contributed by atoms with Gasteiger partial charge in [-0.15, -0.1) is 11.3 Å². The molecule has 0 spiro atoms. The number of nitrogens with one attached hydrogen (secondary N) is 1. The molecule has 1 rings (SSSR count). The Morgan fingerprint density at radius 3 is 2.81 bits per heavy atom. The molecule has 0 saturated carbocycles. The zero-order valence-electron chi connectivity index (χ0n) is 10.6. The molecule has 1 heterocycles. The van der Waals surface area contributed by atoms with Gasteiger partial charge in [-0.05, 0) is 32.4 Å². The minimum Gasteiger partial charge on any atom is -0.380 e. The zero-order valence-corrected chi connectivity index (χ0v) is 11.4. The predicted octanol–water partition coefficient (Wildman–Crippen LogP) is 3.52. The standard InChI is InChI=1S/C13H23NOS/c1-4-5-9-15-10-8-14-12(3)13-7-6-11(2)16-13/h6-7,12,14H,4-5,8-10H2,1-3H3. The normalized spacial score (nSPS) is 12.9. The fraction of sp³-hybridized carbons (Fsp3) is 0.692. The smallest absolute Gasteiger partial charge is 0.0591 e. The molecule has 1 atom stereocenters. The van der Waals surface area contributed by atoms with E-state index in [9.17, 15) is 0 Å². The van der Waals surface area contributed by atoms with Crippen molar-refractivity contribution >= 4 is 11.3 Å². The SMILES string of the molecule is CCCCOCCNC(C)c1ccc(C)s1. The minimum atomic E-state index is 0.438. The van der Waals surface area contributed by atoms with Gasteiger partial charge in [-0.1, -0.05) is 13.3 Å². The van der Waals surface area contributed by atoms with Crippen molar-refractivity contribution in [2.24, 2.45) is 0 Å². The van der Waals surface area contributed by atoms with Gasteiger partial charge in [-0.25, -0.2) is 0 Å². The Morgan fingerprint density at radius 1 is 1.38 bits per heavy atom. The lowest BCUT2D eigenvalue weighted by Crippen LogP contribution is -2.22. The topological polar surface area (TPSA) is 21.3 Å². The Hall–Kier alpha value is -0.380. The van der Waals surface area contributed by atoms with Gasteiger partial charge in [0, 0.05) is 28.9 Å². The first-order chi connectivity index (χ1) is 7.74. The maximum Gasteiger partial charge on any atom is 0.0591 e. The van der Waals surface area contributed by atoms with Gasteiger partial charge < -0.3 is 10.1 Å². The molecule has 0 aromatic carbocycles. The fourth-order valence-corrected chi connectivity index (χ4v) is 2.39. The summed E-state index contributed by atoms with van der Waals surface area (Å²) in [6.07, 6.45) is 2.37. The molecular weight excluding hydrogens is 218 g/mol. The number of hydrogen-bond acceptors (Lipinski definition) is 3. The van der Waals surface area contributed by atoms with E-state index in [1.54, 1.807) is 0 Å². The lowest BCUT2D eigenvalue weighted by atomic mass is 10.3. The molecule has 1 aromatic heterocycles. The number of unbranched alkanes of at least 4 members (excludes halogenated alkanes) is 1. The van der Waals surface area contributed by atoms with Crippen molar-refractivity contribution in [1.29, 1.82) is 0 Å². The van der Waals surface area contributed by atoms with E-state index in [4.69, 9.17) is 4.74 Å². The number of rotatable bonds is 8. The molecule has 92 valence electrons. The van der Waals surface area contributed by atoms with Crippen molar-refractivity contribution in [1.82, 2.24) is 5.32 Å². The molecule has 0 saturated heterocycles. The van der Waals surface area contributed by atoms with Crippen LogP contribution in [0.2, 0.25) is 0 Å². The van der Waals surface area contributed by atoms with Crippen molar-refractivity contribution < 1.29 is 4.74 Å². The molecular formula is C13H23NOS. The van der Waals surface area contributed by atoms with Crippen molar-refractivity contribution in [2.45, 2.75) is 39.7 Å². The molecule has 0 aliphatic carbocycles. The van der Waals surface area contributed by atoms with Crippen LogP contribution in [0.4, 0.5) is 0 Å². The summed E-state index contributed by atoms with van der Waals surface area (Å²) >= 11 is 1.86. The largest absolute Gasteiger partial charge is 0.380 e. The first kappa shape index (κ1) is 13.7. The Labute approximate surface area is 103 Å². The van der Waals surface area contributed by atoms with Crippen LogP contribution in [0.25, 0.3) is 0 Å². The molecule has 0 radical (unpaired) electrons. The van der Waals surface area contributed by atoms with Crippen LogP contribution < -0.4 is 5.32 Å². The second kappa shape index (κ2) is 7.82. The summed E-state index contributed by atoms with van der Waals surface area (Å²) in [4.78, 5) is 2.79. The van der Waals surface area contributed by atoms with Crippen LogP contribution in [-0.2, 0) is 4.74 Å². The highest BCUT2D eigenvalue weighted by molar-refractivity contribution is 7.12. The number of ether oxygens (including phenoxy) is 1. The molecule has 2 nitrogen and oxygen atoms in total. The van der Waals surface area contributed by atoms with Gasteiger partial charge >= 0.3 is 0 Å². The van der Waals surface area contributed by atoms with E-state index in [1.165, 1.54) is 22.6 Å². The molecule has 0 fully saturated rings. The molecule has 0 amide bonds. The van der Waals surface area contributed by atoms with Gasteiger partial charge in [0.1, 0.15) is 0 Å². The van der Waals surface area contributed by atoms with Gasteiger partial charge in [0.15, 0.2) is 0 Å². The second-order valence-corrected chi connectivity index (χ2v) is 5.41. The van der Waals surface area contributed by atoms with Crippen LogP contribution in [0.3, 0.4) is 0 Å². The Morgan fingerprint density at radius 2 is 2.19 bits per heavy atom. The lowest BCUT2D eigenvalue weighted by molar-refractivity contribution is 0.131. The Bertz CT molecular complexity index is 285. The summed E-state index contributed by atoms with van der Waals surface area (Å²) in [5.74, 6) is 0. The monoisotopic (exact) mass is 241 g/mol. The van der Waals surface area contributed by atoms with Gasteiger partial charge in [0.2, 0.25) is 0 Å². The maximum absolute atomic E-state index is 5.51. The molecule has 16 heavy (non-hydrogen) atoms. The molecule has 0 aliphatic rings. The van der Waals surface area contributed by atoms with E-state index in [0.717, 1.165) is 19.8 Å². The number of thiophene rings is 1. The zero-order chi connectivity index (χ0) is 11.8. The van der Waals surface area contributed by atoms with Crippen molar-refractivity contribution in [2.75, 3.05) is 19.8 Å². The summed E-state index contributed by atoms with van der Waals surface area (Å²) in [6, 6.07) is 4.82. The van der Waals surface area contributed by atoms with E-state index in [1.807, 2.05) is 11.3 Å².